The summed E-state index contributed by atoms with van der Waals surface area (Å²) < 4.78 is 0. The number of nitrogens with two attached hydrogens (primary N) is 1. The van der Waals surface area contributed by atoms with E-state index in [2.05, 4.69) is 38.1 Å². The fourth-order valence-electron chi connectivity index (χ4n) is 3.42. The number of rotatable bonds is 8. The number of likely N-dealkylation sites (N-methyl/N-ethyl adjacent to an activating group) is 1. The molecule has 0 spiro atoms. The first-order valence-electron chi connectivity index (χ1n) is 9.29. The van der Waals surface area contributed by atoms with Crippen LogP contribution in [0, 0.1) is 0 Å². The van der Waals surface area contributed by atoms with Crippen LogP contribution >= 0.6 is 0 Å². The Morgan fingerprint density at radius 2 is 2.00 bits per heavy atom. The first-order chi connectivity index (χ1) is 12.2. The first-order valence-corrected chi connectivity index (χ1v) is 9.29. The highest BCUT2D eigenvalue weighted by Gasteiger charge is 2.42. The van der Waals surface area contributed by atoms with Gasteiger partial charge in [0.1, 0.15) is 0 Å². The third-order valence-corrected chi connectivity index (χ3v) is 4.99. The second-order valence-electron chi connectivity index (χ2n) is 7.71. The maximum Gasteiger partial charge on any atom is 0.256 e. The fourth-order valence-corrected chi connectivity index (χ4v) is 3.42. The standard InChI is InChI=1S/C20H31N3O3/c1-15(2)17-7-5-16(6-8-17)13-23-11-4-10-20(26,19(23)25)14-22(3)12-9-18(21)24/h5-8,15,26H,4,9-14H2,1-3H3,(H2,21,24)/t20-/m1/s1. The topological polar surface area (TPSA) is 86.9 Å². The van der Waals surface area contributed by atoms with Gasteiger partial charge in [0.25, 0.3) is 5.91 Å². The maximum absolute atomic E-state index is 12.9. The molecule has 0 aromatic heterocycles. The molecule has 0 radical (unpaired) electrons. The second-order valence-corrected chi connectivity index (χ2v) is 7.71. The van der Waals surface area contributed by atoms with Gasteiger partial charge >= 0.3 is 0 Å². The number of amides is 2. The van der Waals surface area contributed by atoms with E-state index in [4.69, 9.17) is 5.73 Å². The van der Waals surface area contributed by atoms with Crippen LogP contribution in [0.1, 0.15) is 50.2 Å². The van der Waals surface area contributed by atoms with Crippen molar-refractivity contribution in [1.29, 1.82) is 0 Å². The predicted octanol–water partition coefficient (Wildman–Crippen LogP) is 1.47. The Hall–Kier alpha value is -1.92. The van der Waals surface area contributed by atoms with Crippen molar-refractivity contribution in [3.05, 3.63) is 35.4 Å². The highest BCUT2D eigenvalue weighted by Crippen LogP contribution is 2.25. The van der Waals surface area contributed by atoms with E-state index in [9.17, 15) is 14.7 Å². The SMILES string of the molecule is CC(C)c1ccc(CN2CCC[C@@](O)(CN(C)CCC(N)=O)C2=O)cc1. The predicted molar refractivity (Wildman–Crippen MR) is 101 cm³/mol. The maximum atomic E-state index is 12.9. The number of primary amides is 1. The monoisotopic (exact) mass is 361 g/mol. The van der Waals surface area contributed by atoms with Crippen LogP contribution in [0.25, 0.3) is 0 Å². The Labute approximate surface area is 156 Å². The lowest BCUT2D eigenvalue weighted by atomic mass is 9.90. The van der Waals surface area contributed by atoms with Gasteiger partial charge in [-0.3, -0.25) is 9.59 Å². The number of carbonyl (C=O) groups excluding carboxylic acids is 2. The van der Waals surface area contributed by atoms with Gasteiger partial charge in [0, 0.05) is 32.6 Å². The van der Waals surface area contributed by atoms with Gasteiger partial charge in [0.15, 0.2) is 5.60 Å². The van der Waals surface area contributed by atoms with Gasteiger partial charge in [0.2, 0.25) is 5.91 Å². The van der Waals surface area contributed by atoms with Crippen molar-refractivity contribution in [1.82, 2.24) is 9.80 Å². The minimum Gasteiger partial charge on any atom is -0.379 e. The van der Waals surface area contributed by atoms with E-state index in [1.807, 2.05) is 0 Å². The molecule has 1 aliphatic rings. The number of benzene rings is 1. The Balaban J connectivity index is 2.00. The Morgan fingerprint density at radius 1 is 1.35 bits per heavy atom. The summed E-state index contributed by atoms with van der Waals surface area (Å²) in [6.07, 6.45) is 1.41. The van der Waals surface area contributed by atoms with Crippen molar-refractivity contribution >= 4 is 11.8 Å². The van der Waals surface area contributed by atoms with Crippen molar-refractivity contribution in [2.45, 2.75) is 51.2 Å². The zero-order valence-corrected chi connectivity index (χ0v) is 16.1. The van der Waals surface area contributed by atoms with Crippen molar-refractivity contribution in [3.8, 4) is 0 Å². The highest BCUT2D eigenvalue weighted by molar-refractivity contribution is 5.86. The Morgan fingerprint density at radius 3 is 2.58 bits per heavy atom. The van der Waals surface area contributed by atoms with Crippen LogP contribution < -0.4 is 5.73 Å². The molecule has 0 saturated carbocycles. The van der Waals surface area contributed by atoms with Crippen molar-refractivity contribution < 1.29 is 14.7 Å². The number of nitrogens with zero attached hydrogens (tertiary/aromatic N) is 2. The van der Waals surface area contributed by atoms with Gasteiger partial charge < -0.3 is 20.6 Å². The molecule has 26 heavy (non-hydrogen) atoms. The molecule has 1 aromatic carbocycles. The summed E-state index contributed by atoms with van der Waals surface area (Å²) in [5, 5.41) is 10.9. The normalized spacial score (nSPS) is 20.8. The van der Waals surface area contributed by atoms with Gasteiger partial charge in [-0.15, -0.1) is 0 Å². The Bertz CT molecular complexity index is 630. The number of carbonyl (C=O) groups is 2. The molecule has 0 unspecified atom stereocenters. The van der Waals surface area contributed by atoms with Gasteiger partial charge in [-0.2, -0.15) is 0 Å². The lowest BCUT2D eigenvalue weighted by molar-refractivity contribution is -0.159. The van der Waals surface area contributed by atoms with Gasteiger partial charge in [0.05, 0.1) is 0 Å². The zero-order chi connectivity index (χ0) is 19.3. The van der Waals surface area contributed by atoms with Crippen molar-refractivity contribution in [2.24, 2.45) is 5.73 Å². The molecule has 1 fully saturated rings. The number of likely N-dealkylation sites (tertiary alicyclic amines) is 1. The largest absolute Gasteiger partial charge is 0.379 e. The molecule has 6 nitrogen and oxygen atoms in total. The molecule has 1 atom stereocenters. The quantitative estimate of drug-likeness (QED) is 0.734. The molecule has 1 heterocycles. The molecule has 2 rings (SSSR count). The van der Waals surface area contributed by atoms with Gasteiger partial charge in [-0.05, 0) is 36.9 Å². The molecule has 1 aliphatic heterocycles. The summed E-state index contributed by atoms with van der Waals surface area (Å²) in [4.78, 5) is 27.3. The summed E-state index contributed by atoms with van der Waals surface area (Å²) in [6, 6.07) is 8.29. The molecule has 1 aromatic rings. The van der Waals surface area contributed by atoms with Crippen molar-refractivity contribution in [3.63, 3.8) is 0 Å². The number of hydrogen-bond acceptors (Lipinski definition) is 4. The molecule has 144 valence electrons. The average molecular weight is 361 g/mol. The van der Waals surface area contributed by atoms with E-state index in [1.165, 1.54) is 5.56 Å². The molecule has 0 aliphatic carbocycles. The lowest BCUT2D eigenvalue weighted by Gasteiger charge is -2.40. The summed E-state index contributed by atoms with van der Waals surface area (Å²) in [6.45, 7) is 6.10. The van der Waals surface area contributed by atoms with Crippen LogP contribution in [-0.2, 0) is 16.1 Å². The van der Waals surface area contributed by atoms with Crippen LogP contribution in [0.2, 0.25) is 0 Å². The zero-order valence-electron chi connectivity index (χ0n) is 16.1. The lowest BCUT2D eigenvalue weighted by Crippen LogP contribution is -2.58. The number of hydrogen-bond donors (Lipinski definition) is 2. The molecule has 6 heteroatoms. The molecular weight excluding hydrogens is 330 g/mol. The van der Waals surface area contributed by atoms with Crippen LogP contribution in [0.3, 0.4) is 0 Å². The van der Waals surface area contributed by atoms with Gasteiger partial charge in [-0.25, -0.2) is 0 Å². The van der Waals surface area contributed by atoms with Crippen molar-refractivity contribution in [2.75, 3.05) is 26.7 Å². The minimum absolute atomic E-state index is 0.210. The average Bonchev–Trinajstić information content (AvgIpc) is 2.58. The smallest absolute Gasteiger partial charge is 0.256 e. The molecule has 3 N–H and O–H groups in total. The summed E-state index contributed by atoms with van der Waals surface area (Å²) in [5.41, 5.74) is 6.10. The van der Waals surface area contributed by atoms with Crippen LogP contribution in [0.15, 0.2) is 24.3 Å². The van der Waals surface area contributed by atoms with E-state index >= 15 is 0 Å². The Kier molecular flexibility index (Phi) is 6.78. The second kappa shape index (κ2) is 8.64. The molecule has 1 saturated heterocycles. The first kappa shape index (κ1) is 20.4. The van der Waals surface area contributed by atoms with E-state index in [1.54, 1.807) is 16.8 Å². The summed E-state index contributed by atoms with van der Waals surface area (Å²) >= 11 is 0. The van der Waals surface area contributed by atoms with E-state index in [-0.39, 0.29) is 24.8 Å². The van der Waals surface area contributed by atoms with E-state index < -0.39 is 5.60 Å². The third-order valence-electron chi connectivity index (χ3n) is 4.99. The highest BCUT2D eigenvalue weighted by atomic mass is 16.3. The van der Waals surface area contributed by atoms with Gasteiger partial charge in [-0.1, -0.05) is 38.1 Å². The van der Waals surface area contributed by atoms with E-state index in [0.29, 0.717) is 32.0 Å². The number of piperidine rings is 1. The van der Waals surface area contributed by atoms with E-state index in [0.717, 1.165) is 12.0 Å². The number of aliphatic hydroxyl groups is 1. The van der Waals surface area contributed by atoms with Crippen LogP contribution in [-0.4, -0.2) is 59.0 Å². The molecule has 0 bridgehead atoms. The summed E-state index contributed by atoms with van der Waals surface area (Å²) in [7, 11) is 1.79. The molecule has 2 amide bonds. The van der Waals surface area contributed by atoms with Crippen LogP contribution in [0.5, 0.6) is 0 Å². The van der Waals surface area contributed by atoms with Crippen LogP contribution in [0.4, 0.5) is 0 Å². The fraction of sp³-hybridized carbons (Fsp3) is 0.600. The minimum atomic E-state index is -1.40. The summed E-state index contributed by atoms with van der Waals surface area (Å²) in [5.74, 6) is -0.144. The molecular formula is C20H31N3O3. The third kappa shape index (κ3) is 5.29.